The van der Waals surface area contributed by atoms with Gasteiger partial charge in [-0.3, -0.25) is 0 Å². The van der Waals surface area contributed by atoms with E-state index in [4.69, 9.17) is 5.11 Å². The van der Waals surface area contributed by atoms with Crippen LogP contribution in [0.1, 0.15) is 63.3 Å². The van der Waals surface area contributed by atoms with Crippen LogP contribution in [0.15, 0.2) is 12.1 Å². The molecular weight excluding hydrogens is 214 g/mol. The van der Waals surface area contributed by atoms with Gasteiger partial charge in [-0.05, 0) is 23.1 Å². The first-order valence-corrected chi connectivity index (χ1v) is 5.78. The van der Waals surface area contributed by atoms with Crippen LogP contribution in [0.3, 0.4) is 0 Å². The molecule has 0 radical (unpaired) electrons. The molecule has 0 bridgehead atoms. The second-order valence-electron chi connectivity index (χ2n) is 6.43. The van der Waals surface area contributed by atoms with E-state index < -0.39 is 5.97 Å². The molecule has 0 aliphatic rings. The Balaban J connectivity index is 3.45. The lowest BCUT2D eigenvalue weighted by molar-refractivity contribution is 0.0690. The molecule has 3 nitrogen and oxygen atoms in total. The lowest BCUT2D eigenvalue weighted by Gasteiger charge is -2.24. The summed E-state index contributed by atoms with van der Waals surface area (Å²) in [5, 5.41) is 9.10. The van der Waals surface area contributed by atoms with E-state index >= 15 is 0 Å². The minimum absolute atomic E-state index is 0.0762. The van der Waals surface area contributed by atoms with Crippen molar-refractivity contribution in [1.29, 1.82) is 0 Å². The molecule has 1 rings (SSSR count). The third kappa shape index (κ3) is 3.29. The van der Waals surface area contributed by atoms with Gasteiger partial charge < -0.3 is 5.11 Å². The zero-order valence-corrected chi connectivity index (χ0v) is 11.5. The van der Waals surface area contributed by atoms with Gasteiger partial charge in [0.25, 0.3) is 0 Å². The molecule has 0 spiro atoms. The molecule has 17 heavy (non-hydrogen) atoms. The predicted molar refractivity (Wildman–Crippen MR) is 68.6 cm³/mol. The van der Waals surface area contributed by atoms with Gasteiger partial charge >= 0.3 is 5.97 Å². The normalized spacial score (nSPS) is 12.6. The van der Waals surface area contributed by atoms with Gasteiger partial charge in [0.15, 0.2) is 0 Å². The fourth-order valence-electron chi connectivity index (χ4n) is 1.46. The van der Waals surface area contributed by atoms with E-state index in [1.54, 1.807) is 6.07 Å². The summed E-state index contributed by atoms with van der Waals surface area (Å²) in [6.07, 6.45) is 0. The molecule has 1 aromatic heterocycles. The molecule has 94 valence electrons. The predicted octanol–water partition coefficient (Wildman–Crippen LogP) is 3.37. The fourth-order valence-corrected chi connectivity index (χ4v) is 1.46. The Hall–Kier alpha value is -1.38. The minimum Gasteiger partial charge on any atom is -0.477 e. The van der Waals surface area contributed by atoms with Crippen molar-refractivity contribution in [2.75, 3.05) is 0 Å². The zero-order chi connectivity index (χ0) is 13.4. The summed E-state index contributed by atoms with van der Waals surface area (Å²) < 4.78 is 0. The van der Waals surface area contributed by atoms with E-state index in [2.05, 4.69) is 25.8 Å². The topological polar surface area (TPSA) is 50.2 Å². The third-order valence-electron chi connectivity index (χ3n) is 2.68. The van der Waals surface area contributed by atoms with Crippen molar-refractivity contribution in [1.82, 2.24) is 4.98 Å². The second-order valence-corrected chi connectivity index (χ2v) is 6.43. The van der Waals surface area contributed by atoms with Gasteiger partial charge in [0.1, 0.15) is 5.69 Å². The summed E-state index contributed by atoms with van der Waals surface area (Å²) in [7, 11) is 0. The molecule has 0 amide bonds. The molecule has 0 unspecified atom stereocenters. The van der Waals surface area contributed by atoms with Crippen LogP contribution in [-0.2, 0) is 10.8 Å². The Morgan fingerprint density at radius 3 is 1.94 bits per heavy atom. The molecule has 1 N–H and O–H groups in total. The van der Waals surface area contributed by atoms with Gasteiger partial charge in [-0.2, -0.15) is 0 Å². The largest absolute Gasteiger partial charge is 0.477 e. The molecule has 0 fully saturated rings. The lowest BCUT2D eigenvalue weighted by Crippen LogP contribution is -2.20. The molecule has 0 aromatic carbocycles. The standard InChI is InChI=1S/C14H21NO2/c1-13(2,3)9-7-10(12(16)17)15-11(8-9)14(4,5)6/h7-8H,1-6H3,(H,16,17). The third-order valence-corrected chi connectivity index (χ3v) is 2.68. The van der Waals surface area contributed by atoms with Crippen molar-refractivity contribution in [3.63, 3.8) is 0 Å². The van der Waals surface area contributed by atoms with Crippen molar-refractivity contribution in [3.8, 4) is 0 Å². The minimum atomic E-state index is -0.971. The maximum atomic E-state index is 11.1. The second kappa shape index (κ2) is 4.13. The summed E-state index contributed by atoms with van der Waals surface area (Å²) in [6.45, 7) is 12.3. The highest BCUT2D eigenvalue weighted by atomic mass is 16.4. The Bertz CT molecular complexity index is 404. The summed E-state index contributed by atoms with van der Waals surface area (Å²) in [5.41, 5.74) is 1.73. The van der Waals surface area contributed by atoms with Gasteiger partial charge in [-0.1, -0.05) is 41.5 Å². The van der Waals surface area contributed by atoms with Crippen molar-refractivity contribution < 1.29 is 9.90 Å². The van der Waals surface area contributed by atoms with Gasteiger partial charge in [0.05, 0.1) is 0 Å². The number of carboxylic acids is 1. The zero-order valence-electron chi connectivity index (χ0n) is 11.5. The monoisotopic (exact) mass is 235 g/mol. The number of carboxylic acid groups (broad SMARTS) is 1. The van der Waals surface area contributed by atoms with Crippen molar-refractivity contribution in [2.24, 2.45) is 0 Å². The number of aromatic carboxylic acids is 1. The van der Waals surface area contributed by atoms with Crippen molar-refractivity contribution in [2.45, 2.75) is 52.4 Å². The Morgan fingerprint density at radius 2 is 1.59 bits per heavy atom. The highest BCUT2D eigenvalue weighted by molar-refractivity contribution is 5.85. The van der Waals surface area contributed by atoms with E-state index in [1.165, 1.54) is 0 Å². The van der Waals surface area contributed by atoms with Gasteiger partial charge in [-0.25, -0.2) is 9.78 Å². The highest BCUT2D eigenvalue weighted by Gasteiger charge is 2.23. The molecule has 0 saturated heterocycles. The van der Waals surface area contributed by atoms with Crippen LogP contribution in [0.2, 0.25) is 0 Å². The summed E-state index contributed by atoms with van der Waals surface area (Å²) in [4.78, 5) is 15.3. The fraction of sp³-hybridized carbons (Fsp3) is 0.571. The Kier molecular flexibility index (Phi) is 3.33. The van der Waals surface area contributed by atoms with Crippen LogP contribution in [0.5, 0.6) is 0 Å². The quantitative estimate of drug-likeness (QED) is 0.811. The first-order valence-electron chi connectivity index (χ1n) is 5.78. The Morgan fingerprint density at radius 1 is 1.06 bits per heavy atom. The number of hydrogen-bond acceptors (Lipinski definition) is 2. The maximum absolute atomic E-state index is 11.1. The summed E-state index contributed by atoms with van der Waals surface area (Å²) >= 11 is 0. The first kappa shape index (κ1) is 13.7. The van der Waals surface area contributed by atoms with Crippen LogP contribution in [0, 0.1) is 0 Å². The van der Waals surface area contributed by atoms with E-state index in [0.29, 0.717) is 0 Å². The van der Waals surface area contributed by atoms with Crippen molar-refractivity contribution >= 4 is 5.97 Å². The number of rotatable bonds is 1. The lowest BCUT2D eigenvalue weighted by atomic mass is 9.83. The number of aromatic nitrogens is 1. The number of hydrogen-bond donors (Lipinski definition) is 1. The van der Waals surface area contributed by atoms with Crippen LogP contribution in [-0.4, -0.2) is 16.1 Å². The van der Waals surface area contributed by atoms with Crippen LogP contribution >= 0.6 is 0 Å². The van der Waals surface area contributed by atoms with Crippen LogP contribution in [0.4, 0.5) is 0 Å². The average Bonchev–Trinajstić information content (AvgIpc) is 2.14. The van der Waals surface area contributed by atoms with Crippen LogP contribution in [0.25, 0.3) is 0 Å². The first-order chi connectivity index (χ1) is 7.51. The molecule has 0 aliphatic heterocycles. The summed E-state index contributed by atoms with van der Waals surface area (Å²) in [6, 6.07) is 3.67. The smallest absolute Gasteiger partial charge is 0.354 e. The van der Waals surface area contributed by atoms with E-state index in [9.17, 15) is 4.79 Å². The molecule has 3 heteroatoms. The van der Waals surface area contributed by atoms with Gasteiger partial charge in [0.2, 0.25) is 0 Å². The average molecular weight is 235 g/mol. The number of nitrogens with zero attached hydrogens (tertiary/aromatic N) is 1. The highest BCUT2D eigenvalue weighted by Crippen LogP contribution is 2.28. The Labute approximate surface area is 103 Å². The maximum Gasteiger partial charge on any atom is 0.354 e. The van der Waals surface area contributed by atoms with E-state index in [1.807, 2.05) is 26.8 Å². The molecule has 1 aromatic rings. The van der Waals surface area contributed by atoms with E-state index in [-0.39, 0.29) is 16.5 Å². The molecule has 0 atom stereocenters. The molecule has 0 aliphatic carbocycles. The van der Waals surface area contributed by atoms with Crippen LogP contribution < -0.4 is 0 Å². The van der Waals surface area contributed by atoms with Gasteiger partial charge in [-0.15, -0.1) is 0 Å². The number of carbonyl (C=O) groups is 1. The molecular formula is C14H21NO2. The molecule has 0 saturated carbocycles. The van der Waals surface area contributed by atoms with E-state index in [0.717, 1.165) is 11.3 Å². The summed E-state index contributed by atoms with van der Waals surface area (Å²) in [5.74, 6) is -0.971. The SMILES string of the molecule is CC(C)(C)c1cc(C(=O)O)nc(C(C)(C)C)c1. The number of pyridine rings is 1. The van der Waals surface area contributed by atoms with Crippen molar-refractivity contribution in [3.05, 3.63) is 29.1 Å². The molecule has 1 heterocycles. The van der Waals surface area contributed by atoms with Gasteiger partial charge in [0, 0.05) is 11.1 Å².